The number of anilines is 2. The number of rotatable bonds is 14. The molecule has 0 bridgehead atoms. The van der Waals surface area contributed by atoms with Crippen molar-refractivity contribution < 1.29 is 32.7 Å². The van der Waals surface area contributed by atoms with E-state index in [-0.39, 0.29) is 37.6 Å². The van der Waals surface area contributed by atoms with Gasteiger partial charge in [-0.1, -0.05) is 0 Å². The van der Waals surface area contributed by atoms with Crippen molar-refractivity contribution in [2.75, 3.05) is 24.2 Å². The summed E-state index contributed by atoms with van der Waals surface area (Å²) in [5, 5.41) is 5.23. The lowest BCUT2D eigenvalue weighted by Crippen LogP contribution is -2.18. The Labute approximate surface area is 228 Å². The maximum absolute atomic E-state index is 12.1. The van der Waals surface area contributed by atoms with E-state index in [1.165, 1.54) is 26.5 Å². The molecule has 17 nitrogen and oxygen atoms in total. The molecule has 4 heterocycles. The molecule has 0 spiro atoms. The number of nitrogens with zero attached hydrogens (tertiary/aromatic N) is 8. The Kier molecular flexibility index (Phi) is 9.79. The zero-order chi connectivity index (χ0) is 28.6. The van der Waals surface area contributed by atoms with E-state index in [4.69, 9.17) is 18.5 Å². The number of ether oxygens (including phenoxy) is 2. The first-order valence-electron chi connectivity index (χ1n) is 12.1. The minimum atomic E-state index is -2.87. The van der Waals surface area contributed by atoms with Gasteiger partial charge in [0.15, 0.2) is 47.5 Å². The summed E-state index contributed by atoms with van der Waals surface area (Å²) in [6, 6.07) is 0. The van der Waals surface area contributed by atoms with E-state index in [0.29, 0.717) is 47.1 Å². The number of nitrogens with one attached hydrogen (secondary N) is 2. The van der Waals surface area contributed by atoms with E-state index < -0.39 is 8.25 Å². The van der Waals surface area contributed by atoms with Crippen LogP contribution in [0.2, 0.25) is 0 Å². The quantitative estimate of drug-likeness (QED) is 0.163. The third-order valence-corrected chi connectivity index (χ3v) is 6.06. The second-order valence-electron chi connectivity index (χ2n) is 8.67. The predicted molar refractivity (Wildman–Crippen MR) is 141 cm³/mol. The summed E-state index contributed by atoms with van der Waals surface area (Å²) in [4.78, 5) is 47.8. The van der Waals surface area contributed by atoms with Crippen molar-refractivity contribution >= 4 is 54.0 Å². The number of aromatic nitrogens is 8. The Morgan fingerprint density at radius 2 is 1.20 bits per heavy atom. The molecule has 0 saturated carbocycles. The minimum Gasteiger partial charge on any atom is -0.350 e. The molecule has 4 aromatic heterocycles. The number of amides is 2. The first kappa shape index (κ1) is 29.1. The standard InChI is InChI=1S/C22H29N10O7P/c1-13(5-31-9-27-17-19(29-15(3)33)23-7-25-21(17)31)36-11-38-40(35)39-12-37-14(2)6-32-10-28-18-20(30-16(4)34)24-8-26-22(18)32/h7-10,13-14,40H,5-6,11-12H2,1-4H3,(H,23,25,29,33)(H,24,26,30,34)/t13-,14-/m1/s1. The highest BCUT2D eigenvalue weighted by atomic mass is 31.1. The van der Waals surface area contributed by atoms with Gasteiger partial charge in [-0.15, -0.1) is 0 Å². The van der Waals surface area contributed by atoms with Crippen molar-refractivity contribution in [1.82, 2.24) is 39.0 Å². The number of carbonyl (C=O) groups excluding carboxylic acids is 2. The van der Waals surface area contributed by atoms with Crippen LogP contribution < -0.4 is 10.6 Å². The average molecular weight is 577 g/mol. The Bertz CT molecular complexity index is 1400. The second-order valence-corrected chi connectivity index (χ2v) is 9.75. The summed E-state index contributed by atoms with van der Waals surface area (Å²) >= 11 is 0. The van der Waals surface area contributed by atoms with Crippen LogP contribution in [0.1, 0.15) is 27.7 Å². The lowest BCUT2D eigenvalue weighted by Gasteiger charge is -2.15. The van der Waals surface area contributed by atoms with Gasteiger partial charge in [-0.2, -0.15) is 0 Å². The molecule has 0 aromatic carbocycles. The lowest BCUT2D eigenvalue weighted by atomic mass is 10.4. The number of imidazole rings is 2. The van der Waals surface area contributed by atoms with Crippen LogP contribution in [0.5, 0.6) is 0 Å². The summed E-state index contributed by atoms with van der Waals surface area (Å²) in [5.74, 6) is 0.120. The fourth-order valence-corrected chi connectivity index (χ4v) is 4.05. The van der Waals surface area contributed by atoms with Crippen molar-refractivity contribution in [3.63, 3.8) is 0 Å². The second kappa shape index (κ2) is 13.5. The van der Waals surface area contributed by atoms with E-state index in [1.807, 2.05) is 0 Å². The van der Waals surface area contributed by atoms with Crippen LogP contribution in [-0.2, 0) is 45.8 Å². The highest BCUT2D eigenvalue weighted by molar-refractivity contribution is 7.33. The largest absolute Gasteiger partial charge is 0.350 e. The zero-order valence-corrected chi connectivity index (χ0v) is 23.2. The van der Waals surface area contributed by atoms with E-state index in [1.54, 1.807) is 35.6 Å². The van der Waals surface area contributed by atoms with Crippen molar-refractivity contribution in [2.45, 2.75) is 53.0 Å². The van der Waals surface area contributed by atoms with Crippen molar-refractivity contribution in [3.05, 3.63) is 25.3 Å². The topological polar surface area (TPSA) is 199 Å². The van der Waals surface area contributed by atoms with Gasteiger partial charge < -0.3 is 29.2 Å². The molecule has 0 radical (unpaired) electrons. The monoisotopic (exact) mass is 576 g/mol. The SMILES string of the molecule is CC(=O)Nc1ncnc2c1ncn2C[C@@H](C)OCO[PH](=O)OCO[C@H](C)Cn1cnc2c(NC(C)=O)ncnc21. The predicted octanol–water partition coefficient (Wildman–Crippen LogP) is 1.73. The fourth-order valence-electron chi connectivity index (χ4n) is 3.64. The van der Waals surface area contributed by atoms with E-state index in [9.17, 15) is 14.2 Å². The van der Waals surface area contributed by atoms with Gasteiger partial charge in [0, 0.05) is 13.8 Å². The number of carbonyl (C=O) groups is 2. The highest BCUT2D eigenvalue weighted by Crippen LogP contribution is 2.24. The molecule has 214 valence electrons. The van der Waals surface area contributed by atoms with Crippen LogP contribution in [0.15, 0.2) is 25.3 Å². The summed E-state index contributed by atoms with van der Waals surface area (Å²) in [7, 11) is -2.87. The van der Waals surface area contributed by atoms with Gasteiger partial charge in [0.1, 0.15) is 12.7 Å². The summed E-state index contributed by atoms with van der Waals surface area (Å²) in [6.45, 7) is 6.60. The molecule has 0 saturated heterocycles. The fraction of sp³-hybridized carbons (Fsp3) is 0.455. The Morgan fingerprint density at radius 1 is 0.775 bits per heavy atom. The van der Waals surface area contributed by atoms with Gasteiger partial charge in [0.2, 0.25) is 11.8 Å². The molecule has 4 rings (SSSR count). The molecule has 2 amide bonds. The number of hydrogen-bond acceptors (Lipinski definition) is 13. The Hall–Kier alpha value is -3.89. The van der Waals surface area contributed by atoms with Crippen LogP contribution in [0.25, 0.3) is 22.3 Å². The lowest BCUT2D eigenvalue weighted by molar-refractivity contribution is -0.115. The zero-order valence-electron chi connectivity index (χ0n) is 22.2. The van der Waals surface area contributed by atoms with Crippen LogP contribution >= 0.6 is 8.25 Å². The normalized spacial score (nSPS) is 13.1. The summed E-state index contributed by atoms with van der Waals surface area (Å²) < 4.78 is 37.0. The van der Waals surface area contributed by atoms with E-state index in [2.05, 4.69) is 40.5 Å². The minimum absolute atomic E-state index is 0.259. The van der Waals surface area contributed by atoms with Crippen LogP contribution in [0, 0.1) is 0 Å². The molecule has 0 aliphatic rings. The third kappa shape index (κ3) is 7.61. The number of hydrogen-bond donors (Lipinski definition) is 2. The van der Waals surface area contributed by atoms with Crippen LogP contribution in [0.3, 0.4) is 0 Å². The maximum Gasteiger partial charge on any atom is 0.323 e. The van der Waals surface area contributed by atoms with Crippen molar-refractivity contribution in [3.8, 4) is 0 Å². The van der Waals surface area contributed by atoms with E-state index in [0.717, 1.165) is 0 Å². The number of fused-ring (bicyclic) bond motifs is 2. The van der Waals surface area contributed by atoms with Gasteiger partial charge in [-0.05, 0) is 13.8 Å². The highest BCUT2D eigenvalue weighted by Gasteiger charge is 2.15. The van der Waals surface area contributed by atoms with Gasteiger partial charge in [-0.3, -0.25) is 23.2 Å². The average Bonchev–Trinajstić information content (AvgIpc) is 3.49. The van der Waals surface area contributed by atoms with Gasteiger partial charge in [-0.25, -0.2) is 29.9 Å². The first-order chi connectivity index (χ1) is 19.2. The summed E-state index contributed by atoms with van der Waals surface area (Å²) in [5.41, 5.74) is 1.97. The molecule has 0 aliphatic heterocycles. The molecular formula is C22H29N10O7P. The van der Waals surface area contributed by atoms with Crippen LogP contribution in [-0.4, -0.2) is 76.6 Å². The molecular weight excluding hydrogens is 547 g/mol. The molecule has 0 aliphatic carbocycles. The molecule has 18 heteroatoms. The summed E-state index contributed by atoms with van der Waals surface area (Å²) in [6.07, 6.45) is 5.12. The Morgan fingerprint density at radius 3 is 1.60 bits per heavy atom. The van der Waals surface area contributed by atoms with Gasteiger partial charge in [0.25, 0.3) is 0 Å². The molecule has 2 atom stereocenters. The van der Waals surface area contributed by atoms with Gasteiger partial charge in [0.05, 0.1) is 38.0 Å². The molecule has 4 aromatic rings. The van der Waals surface area contributed by atoms with Gasteiger partial charge >= 0.3 is 8.25 Å². The first-order valence-corrected chi connectivity index (χ1v) is 13.3. The van der Waals surface area contributed by atoms with Crippen LogP contribution in [0.4, 0.5) is 11.6 Å². The molecule has 2 N–H and O–H groups in total. The third-order valence-electron chi connectivity index (χ3n) is 5.36. The molecule has 0 unspecified atom stereocenters. The smallest absolute Gasteiger partial charge is 0.323 e. The molecule has 0 fully saturated rings. The van der Waals surface area contributed by atoms with Crippen molar-refractivity contribution in [2.24, 2.45) is 0 Å². The maximum atomic E-state index is 12.1. The van der Waals surface area contributed by atoms with E-state index >= 15 is 0 Å². The molecule has 40 heavy (non-hydrogen) atoms. The Balaban J connectivity index is 1.17. The van der Waals surface area contributed by atoms with Crippen molar-refractivity contribution in [1.29, 1.82) is 0 Å².